The highest BCUT2D eigenvalue weighted by Gasteiger charge is 2.55. The Morgan fingerprint density at radius 1 is 1.26 bits per heavy atom. The highest BCUT2D eigenvalue weighted by atomic mass is 32.2. The van der Waals surface area contributed by atoms with Gasteiger partial charge in [-0.3, -0.25) is 14.1 Å². The molecule has 188 valence electrons. The molecule has 1 fully saturated rings. The summed E-state index contributed by atoms with van der Waals surface area (Å²) < 4.78 is 63.1. The minimum atomic E-state index is -4.19. The molecule has 0 radical (unpaired) electrons. The van der Waals surface area contributed by atoms with E-state index in [4.69, 9.17) is 9.84 Å². The normalized spacial score (nSPS) is 15.7. The Bertz CT molecular complexity index is 1200. The molecular formula is C22H29F2N3O6S. The number of ether oxygens (including phenoxy) is 1. The number of aryl methyl sites for hydroxylation is 1. The lowest BCUT2D eigenvalue weighted by Crippen LogP contribution is -2.35. The fourth-order valence-corrected chi connectivity index (χ4v) is 5.27. The summed E-state index contributed by atoms with van der Waals surface area (Å²) in [6, 6.07) is 4.13. The molecular weight excluding hydrogens is 472 g/mol. The quantitative estimate of drug-likeness (QED) is 0.329. The fraction of sp³-hybridized carbons (Fsp3) is 0.500. The zero-order valence-electron chi connectivity index (χ0n) is 19.0. The zero-order chi connectivity index (χ0) is 25.1. The van der Waals surface area contributed by atoms with Gasteiger partial charge < -0.3 is 20.3 Å². The van der Waals surface area contributed by atoms with Crippen molar-refractivity contribution in [3.05, 3.63) is 51.9 Å². The molecule has 0 saturated heterocycles. The third kappa shape index (κ3) is 5.57. The van der Waals surface area contributed by atoms with Gasteiger partial charge in [-0.2, -0.15) is 4.39 Å². The van der Waals surface area contributed by atoms with E-state index in [1.54, 1.807) is 13.0 Å². The molecule has 2 aromatic rings. The molecule has 1 aliphatic carbocycles. The number of nitrogens with zero attached hydrogens (tertiary/aromatic N) is 1. The van der Waals surface area contributed by atoms with Gasteiger partial charge in [0.1, 0.15) is 18.2 Å². The number of aliphatic hydroxyl groups is 2. The molecule has 1 unspecified atom stereocenters. The first kappa shape index (κ1) is 26.1. The molecule has 0 aliphatic heterocycles. The molecule has 1 heterocycles. The number of aliphatic hydroxyl groups excluding tert-OH is 2. The van der Waals surface area contributed by atoms with E-state index in [2.05, 4.69) is 10.0 Å². The van der Waals surface area contributed by atoms with Crippen LogP contribution in [-0.4, -0.2) is 47.3 Å². The van der Waals surface area contributed by atoms with Crippen LogP contribution in [0.5, 0.6) is 0 Å². The first-order chi connectivity index (χ1) is 16.0. The average molecular weight is 502 g/mol. The summed E-state index contributed by atoms with van der Waals surface area (Å²) in [5.74, 6) is -2.03. The third-order valence-corrected chi connectivity index (χ3v) is 7.83. The molecule has 1 atom stereocenters. The zero-order valence-corrected chi connectivity index (χ0v) is 19.8. The lowest BCUT2D eigenvalue weighted by molar-refractivity contribution is 0.0745. The summed E-state index contributed by atoms with van der Waals surface area (Å²) in [6.45, 7) is 2.89. The van der Waals surface area contributed by atoms with Crippen molar-refractivity contribution in [2.45, 2.75) is 57.1 Å². The first-order valence-electron chi connectivity index (χ1n) is 10.9. The molecule has 0 bridgehead atoms. The van der Waals surface area contributed by atoms with Crippen LogP contribution in [0.15, 0.2) is 29.2 Å². The second-order valence-corrected chi connectivity index (χ2v) is 10.6. The predicted molar refractivity (Wildman–Crippen MR) is 124 cm³/mol. The summed E-state index contributed by atoms with van der Waals surface area (Å²) in [4.78, 5) is 12.6. The van der Waals surface area contributed by atoms with Crippen LogP contribution in [0.2, 0.25) is 0 Å². The Kier molecular flexibility index (Phi) is 7.96. The van der Waals surface area contributed by atoms with E-state index in [0.29, 0.717) is 18.6 Å². The highest BCUT2D eigenvalue weighted by molar-refractivity contribution is 7.94. The van der Waals surface area contributed by atoms with Gasteiger partial charge in [0.05, 0.1) is 28.8 Å². The minimum absolute atomic E-state index is 0.152. The van der Waals surface area contributed by atoms with Crippen molar-refractivity contribution in [2.75, 3.05) is 23.3 Å². The number of anilines is 3. The smallest absolute Gasteiger partial charge is 0.290 e. The van der Waals surface area contributed by atoms with Crippen LogP contribution in [0.1, 0.15) is 38.2 Å². The maximum atomic E-state index is 15.2. The largest absolute Gasteiger partial charge is 0.394 e. The van der Waals surface area contributed by atoms with Crippen LogP contribution in [0.25, 0.3) is 0 Å². The van der Waals surface area contributed by atoms with Gasteiger partial charge in [0.25, 0.3) is 5.56 Å². The molecule has 0 amide bonds. The van der Waals surface area contributed by atoms with E-state index in [1.165, 1.54) is 12.1 Å². The van der Waals surface area contributed by atoms with E-state index >= 15 is 4.39 Å². The summed E-state index contributed by atoms with van der Waals surface area (Å²) in [5, 5.41) is 21.4. The molecule has 34 heavy (non-hydrogen) atoms. The number of aromatic nitrogens is 1. The molecule has 4 N–H and O–H groups in total. The monoisotopic (exact) mass is 501 g/mol. The molecule has 3 rings (SSSR count). The fourth-order valence-electron chi connectivity index (χ4n) is 3.56. The molecule has 1 saturated carbocycles. The number of hydrogen-bond donors (Lipinski definition) is 4. The van der Waals surface area contributed by atoms with Crippen molar-refractivity contribution in [1.29, 1.82) is 0 Å². The molecule has 1 aromatic carbocycles. The Hall–Kier alpha value is -2.54. The molecule has 1 aromatic heterocycles. The second-order valence-electron chi connectivity index (χ2n) is 8.48. The number of nitrogens with one attached hydrogen (secondary N) is 2. The van der Waals surface area contributed by atoms with Gasteiger partial charge in [-0.25, -0.2) is 12.8 Å². The topological polar surface area (TPSA) is 130 Å². The standard InChI is InChI=1S/C22H29F2N3O6S/c1-3-8-33-13-27-11-18(26-34(31,32)22(6-7-22)10-15(29)12-28)20(19(24)21(27)30)25-17-5-4-14(2)9-16(17)23/h4-5,9,11,15,25-26,28-29H,3,6-8,10,12-13H2,1-2H3. The molecule has 1 aliphatic rings. The second kappa shape index (κ2) is 10.4. The number of rotatable bonds is 12. The predicted octanol–water partition coefficient (Wildman–Crippen LogP) is 2.58. The van der Waals surface area contributed by atoms with E-state index < -0.39 is 50.4 Å². The minimum Gasteiger partial charge on any atom is -0.394 e. The Balaban J connectivity index is 2.04. The van der Waals surface area contributed by atoms with Crippen molar-refractivity contribution in [3.8, 4) is 0 Å². The number of hydrogen-bond acceptors (Lipinski definition) is 7. The van der Waals surface area contributed by atoms with E-state index in [9.17, 15) is 22.7 Å². The van der Waals surface area contributed by atoms with Gasteiger partial charge in [-0.15, -0.1) is 0 Å². The summed E-state index contributed by atoms with van der Waals surface area (Å²) in [7, 11) is -4.19. The van der Waals surface area contributed by atoms with Crippen molar-refractivity contribution in [1.82, 2.24) is 4.57 Å². The van der Waals surface area contributed by atoms with Gasteiger partial charge >= 0.3 is 0 Å². The molecule has 0 spiro atoms. The van der Waals surface area contributed by atoms with Crippen LogP contribution < -0.4 is 15.6 Å². The van der Waals surface area contributed by atoms with Crippen LogP contribution in [0.4, 0.5) is 25.8 Å². The first-order valence-corrected chi connectivity index (χ1v) is 12.4. The number of benzene rings is 1. The SMILES string of the molecule is CCCOCn1cc(NS(=O)(=O)C2(CC(O)CO)CC2)c(Nc2ccc(C)cc2F)c(F)c1=O. The Morgan fingerprint density at radius 3 is 2.56 bits per heavy atom. The maximum Gasteiger partial charge on any atom is 0.290 e. The van der Waals surface area contributed by atoms with E-state index in [0.717, 1.165) is 10.8 Å². The third-order valence-electron chi connectivity index (χ3n) is 5.63. The van der Waals surface area contributed by atoms with Gasteiger partial charge in [0.15, 0.2) is 0 Å². The van der Waals surface area contributed by atoms with Crippen LogP contribution in [0, 0.1) is 18.6 Å². The average Bonchev–Trinajstić information content (AvgIpc) is 3.57. The highest BCUT2D eigenvalue weighted by Crippen LogP contribution is 2.48. The van der Waals surface area contributed by atoms with Crippen LogP contribution in [-0.2, 0) is 21.5 Å². The summed E-state index contributed by atoms with van der Waals surface area (Å²) in [5.41, 5.74) is -1.47. The van der Waals surface area contributed by atoms with Crippen LogP contribution >= 0.6 is 0 Å². The number of halogens is 2. The Labute approximate surface area is 196 Å². The van der Waals surface area contributed by atoms with Crippen molar-refractivity contribution >= 4 is 27.1 Å². The molecule has 9 nitrogen and oxygen atoms in total. The summed E-state index contributed by atoms with van der Waals surface area (Å²) in [6.07, 6.45) is 0.749. The number of pyridine rings is 1. The van der Waals surface area contributed by atoms with Gasteiger partial charge in [0, 0.05) is 12.8 Å². The van der Waals surface area contributed by atoms with Gasteiger partial charge in [-0.05, 0) is 50.3 Å². The van der Waals surface area contributed by atoms with Crippen LogP contribution in [0.3, 0.4) is 0 Å². The summed E-state index contributed by atoms with van der Waals surface area (Å²) >= 11 is 0. The Morgan fingerprint density at radius 2 is 1.97 bits per heavy atom. The maximum absolute atomic E-state index is 15.2. The lowest BCUT2D eigenvalue weighted by atomic mass is 10.2. The number of sulfonamides is 1. The van der Waals surface area contributed by atoms with E-state index in [1.807, 2.05) is 6.92 Å². The van der Waals surface area contributed by atoms with Crippen molar-refractivity contribution in [3.63, 3.8) is 0 Å². The van der Waals surface area contributed by atoms with Gasteiger partial charge in [-0.1, -0.05) is 13.0 Å². The lowest BCUT2D eigenvalue weighted by Gasteiger charge is -2.22. The van der Waals surface area contributed by atoms with Crippen molar-refractivity contribution < 1.29 is 32.1 Å². The van der Waals surface area contributed by atoms with Gasteiger partial charge in [0.2, 0.25) is 15.8 Å². The van der Waals surface area contributed by atoms with Crippen molar-refractivity contribution in [2.24, 2.45) is 0 Å². The molecule has 12 heteroatoms. The van der Waals surface area contributed by atoms with E-state index in [-0.39, 0.29) is 37.4 Å².